The highest BCUT2D eigenvalue weighted by Gasteiger charge is 2.45. The number of amides is 1. The first-order valence-corrected chi connectivity index (χ1v) is 12.3. The minimum Gasteiger partial charge on any atom is -0.463 e. The number of pyridine rings is 1. The molecule has 9 nitrogen and oxygen atoms in total. The Bertz CT molecular complexity index is 895. The highest BCUT2D eigenvalue weighted by molar-refractivity contribution is 6.73. The summed E-state index contributed by atoms with van der Waals surface area (Å²) in [5.41, 5.74) is 0.638. The number of alkyl halides is 1. The van der Waals surface area contributed by atoms with E-state index in [9.17, 15) is 14.0 Å². The van der Waals surface area contributed by atoms with Crippen LogP contribution in [0.25, 0.3) is 11.0 Å². The molecule has 0 saturated carbocycles. The van der Waals surface area contributed by atoms with Crippen molar-refractivity contribution in [2.24, 2.45) is 0 Å². The minimum absolute atomic E-state index is 0.0578. The molecule has 11 heteroatoms. The molecule has 2 aromatic rings. The van der Waals surface area contributed by atoms with E-state index in [0.717, 1.165) is 22.8 Å². The molecular weight excluding hydrogens is 397 g/mol. The molecule has 29 heavy (non-hydrogen) atoms. The van der Waals surface area contributed by atoms with E-state index in [1.54, 1.807) is 0 Å². The van der Waals surface area contributed by atoms with Gasteiger partial charge in [0.25, 0.3) is 0 Å². The van der Waals surface area contributed by atoms with Crippen molar-refractivity contribution in [1.82, 2.24) is 20.1 Å². The molecule has 0 bridgehead atoms. The van der Waals surface area contributed by atoms with Crippen LogP contribution in [-0.2, 0) is 9.22 Å². The number of carbonyl (C=O) groups excluding carboxylic acids is 1. The standard InChI is InChI=1S/C18H26FN5O4Si/c1-4-29(5-2,6-3)28-16-11(19)9-20-15(16)17(25)23-14-8-7-13-12(22-14)10-21-24(13)18(26)27/h7-8,10-11,15-16,20H,4-6,9H2,1-3H3,(H,26,27)(H,22,23,25)/t11-,15+,16+/m0/s1. The van der Waals surface area contributed by atoms with Gasteiger partial charge in [-0.25, -0.2) is 14.2 Å². The second-order valence-electron chi connectivity index (χ2n) is 7.16. The number of aromatic nitrogens is 3. The van der Waals surface area contributed by atoms with Crippen molar-refractivity contribution in [3.05, 3.63) is 18.3 Å². The highest BCUT2D eigenvalue weighted by atomic mass is 28.4. The van der Waals surface area contributed by atoms with E-state index < -0.39 is 38.6 Å². The highest BCUT2D eigenvalue weighted by Crippen LogP contribution is 2.28. The Labute approximate surface area is 168 Å². The van der Waals surface area contributed by atoms with Gasteiger partial charge in [0.15, 0.2) is 8.32 Å². The summed E-state index contributed by atoms with van der Waals surface area (Å²) in [6, 6.07) is 4.77. The van der Waals surface area contributed by atoms with Gasteiger partial charge >= 0.3 is 6.09 Å². The van der Waals surface area contributed by atoms with Crippen LogP contribution in [0.1, 0.15) is 20.8 Å². The summed E-state index contributed by atoms with van der Waals surface area (Å²) in [5, 5.41) is 18.4. The number of carboxylic acid groups (broad SMARTS) is 1. The van der Waals surface area contributed by atoms with Crippen LogP contribution in [0.5, 0.6) is 0 Å². The molecule has 0 spiro atoms. The van der Waals surface area contributed by atoms with Crippen molar-refractivity contribution in [3.63, 3.8) is 0 Å². The van der Waals surface area contributed by atoms with E-state index in [2.05, 4.69) is 41.5 Å². The Morgan fingerprint density at radius 2 is 2.03 bits per heavy atom. The van der Waals surface area contributed by atoms with Crippen molar-refractivity contribution in [3.8, 4) is 0 Å². The molecule has 2 aromatic heterocycles. The molecule has 1 amide bonds. The molecule has 3 rings (SSSR count). The third-order valence-electron chi connectivity index (χ3n) is 5.68. The van der Waals surface area contributed by atoms with Gasteiger partial charge in [-0.1, -0.05) is 20.8 Å². The van der Waals surface area contributed by atoms with Crippen LogP contribution < -0.4 is 10.6 Å². The number of nitrogens with zero attached hydrogens (tertiary/aromatic N) is 3. The number of nitrogens with one attached hydrogen (secondary N) is 2. The van der Waals surface area contributed by atoms with Crippen molar-refractivity contribution < 1.29 is 23.5 Å². The number of hydrogen-bond acceptors (Lipinski definition) is 6. The SMILES string of the molecule is CC[Si](CC)(CC)O[C@@H]1[C@@H](F)CN[C@H]1C(=O)Nc1ccc2c(cnn2C(=O)O)n1. The van der Waals surface area contributed by atoms with Crippen LogP contribution in [0.2, 0.25) is 18.1 Å². The first kappa shape index (κ1) is 21.3. The first-order chi connectivity index (χ1) is 13.8. The molecule has 158 valence electrons. The van der Waals surface area contributed by atoms with Crippen molar-refractivity contribution in [2.75, 3.05) is 11.9 Å². The molecule has 1 aliphatic rings. The summed E-state index contributed by atoms with van der Waals surface area (Å²) in [4.78, 5) is 28.2. The topological polar surface area (TPSA) is 118 Å². The van der Waals surface area contributed by atoms with Crippen LogP contribution in [0.3, 0.4) is 0 Å². The molecule has 0 aromatic carbocycles. The predicted octanol–water partition coefficient (Wildman–Crippen LogP) is 2.60. The average Bonchev–Trinajstić information content (AvgIpc) is 3.29. The number of fused-ring (bicyclic) bond motifs is 1. The van der Waals surface area contributed by atoms with E-state index in [4.69, 9.17) is 9.53 Å². The van der Waals surface area contributed by atoms with Gasteiger partial charge in [0.2, 0.25) is 5.91 Å². The Morgan fingerprint density at radius 1 is 1.34 bits per heavy atom. The second-order valence-corrected chi connectivity index (χ2v) is 11.9. The molecule has 3 N–H and O–H groups in total. The second kappa shape index (κ2) is 8.55. The van der Waals surface area contributed by atoms with E-state index >= 15 is 0 Å². The predicted molar refractivity (Wildman–Crippen MR) is 108 cm³/mol. The lowest BCUT2D eigenvalue weighted by Crippen LogP contribution is -2.50. The third-order valence-corrected chi connectivity index (χ3v) is 10.3. The zero-order valence-electron chi connectivity index (χ0n) is 16.7. The smallest absolute Gasteiger partial charge is 0.432 e. The lowest BCUT2D eigenvalue weighted by Gasteiger charge is -2.34. The number of halogens is 1. The fraction of sp³-hybridized carbons (Fsp3) is 0.556. The zero-order valence-corrected chi connectivity index (χ0v) is 17.7. The molecule has 1 fully saturated rings. The van der Waals surface area contributed by atoms with Gasteiger partial charge in [0.1, 0.15) is 29.7 Å². The summed E-state index contributed by atoms with van der Waals surface area (Å²) >= 11 is 0. The van der Waals surface area contributed by atoms with Gasteiger partial charge in [-0.2, -0.15) is 9.78 Å². The maximum atomic E-state index is 14.5. The first-order valence-electron chi connectivity index (χ1n) is 9.78. The molecule has 3 atom stereocenters. The lowest BCUT2D eigenvalue weighted by atomic mass is 10.1. The van der Waals surface area contributed by atoms with E-state index in [0.29, 0.717) is 11.0 Å². The summed E-state index contributed by atoms with van der Waals surface area (Å²) in [5.74, 6) is -0.195. The fourth-order valence-corrected chi connectivity index (χ4v) is 6.56. The van der Waals surface area contributed by atoms with Crippen LogP contribution in [0, 0.1) is 0 Å². The zero-order chi connectivity index (χ0) is 21.2. The Morgan fingerprint density at radius 3 is 2.66 bits per heavy atom. The van der Waals surface area contributed by atoms with Gasteiger partial charge < -0.3 is 20.2 Å². The summed E-state index contributed by atoms with van der Waals surface area (Å²) in [6.45, 7) is 6.23. The quantitative estimate of drug-likeness (QED) is 0.586. The van der Waals surface area contributed by atoms with Gasteiger partial charge in [-0.05, 0) is 30.3 Å². The number of anilines is 1. The molecule has 3 heterocycles. The Balaban J connectivity index is 1.77. The van der Waals surface area contributed by atoms with Gasteiger partial charge in [0.05, 0.1) is 11.7 Å². The molecule has 1 aliphatic heterocycles. The van der Waals surface area contributed by atoms with E-state index in [1.165, 1.54) is 18.3 Å². The number of rotatable bonds is 7. The van der Waals surface area contributed by atoms with Crippen molar-refractivity contribution in [2.45, 2.75) is 57.2 Å². The average molecular weight is 424 g/mol. The number of carbonyl (C=O) groups is 2. The molecular formula is C18H26FN5O4Si. The monoisotopic (exact) mass is 423 g/mol. The fourth-order valence-electron chi connectivity index (χ4n) is 3.70. The Hall–Kier alpha value is -2.37. The maximum Gasteiger partial charge on any atom is 0.432 e. The maximum absolute atomic E-state index is 14.5. The van der Waals surface area contributed by atoms with E-state index in [1.807, 2.05) is 0 Å². The van der Waals surface area contributed by atoms with Gasteiger partial charge in [-0.15, -0.1) is 0 Å². The van der Waals surface area contributed by atoms with Crippen LogP contribution >= 0.6 is 0 Å². The van der Waals surface area contributed by atoms with Crippen LogP contribution in [0.4, 0.5) is 15.0 Å². The molecule has 1 saturated heterocycles. The van der Waals surface area contributed by atoms with Crippen LogP contribution in [-0.4, -0.2) is 65.1 Å². The van der Waals surface area contributed by atoms with Crippen LogP contribution in [0.15, 0.2) is 18.3 Å². The normalized spacial score (nSPS) is 22.1. The van der Waals surface area contributed by atoms with Gasteiger partial charge in [-0.3, -0.25) is 4.79 Å². The Kier molecular flexibility index (Phi) is 6.29. The van der Waals surface area contributed by atoms with Crippen molar-refractivity contribution >= 4 is 37.2 Å². The molecule has 0 aliphatic carbocycles. The molecule has 0 unspecified atom stereocenters. The van der Waals surface area contributed by atoms with Gasteiger partial charge in [0, 0.05) is 6.54 Å². The minimum atomic E-state index is -2.09. The summed E-state index contributed by atoms with van der Waals surface area (Å²) in [7, 11) is -2.09. The number of hydrogen-bond donors (Lipinski definition) is 3. The summed E-state index contributed by atoms with van der Waals surface area (Å²) in [6.07, 6.45) is -2.01. The lowest BCUT2D eigenvalue weighted by molar-refractivity contribution is -0.119. The largest absolute Gasteiger partial charge is 0.463 e. The van der Waals surface area contributed by atoms with Crippen molar-refractivity contribution in [1.29, 1.82) is 0 Å². The molecule has 0 radical (unpaired) electrons. The van der Waals surface area contributed by atoms with E-state index in [-0.39, 0.29) is 12.4 Å². The third kappa shape index (κ3) is 4.16. The summed E-state index contributed by atoms with van der Waals surface area (Å²) < 4.78 is 21.6.